The van der Waals surface area contributed by atoms with Crippen LogP contribution in [0.1, 0.15) is 65.4 Å². The average Bonchev–Trinajstić information content (AvgIpc) is 2.52. The highest BCUT2D eigenvalue weighted by atomic mass is 16.2. The number of benzene rings is 1. The fourth-order valence-electron chi connectivity index (χ4n) is 3.57. The van der Waals surface area contributed by atoms with Crippen LogP contribution in [0.5, 0.6) is 0 Å². The Hall–Kier alpha value is -1.35. The van der Waals surface area contributed by atoms with Crippen molar-refractivity contribution in [2.24, 2.45) is 11.8 Å². The van der Waals surface area contributed by atoms with E-state index in [4.69, 9.17) is 0 Å². The predicted octanol–water partition coefficient (Wildman–Crippen LogP) is 4.55. The average molecular weight is 316 g/mol. The molecule has 1 aliphatic rings. The van der Waals surface area contributed by atoms with Gasteiger partial charge in [0.15, 0.2) is 0 Å². The summed E-state index contributed by atoms with van der Waals surface area (Å²) in [6, 6.07) is 8.35. The molecule has 2 N–H and O–H groups in total. The van der Waals surface area contributed by atoms with Crippen molar-refractivity contribution in [3.8, 4) is 0 Å². The lowest BCUT2D eigenvalue weighted by atomic mass is 9.78. The maximum absolute atomic E-state index is 12.6. The number of nitrogens with one attached hydrogen (secondary N) is 2. The van der Waals surface area contributed by atoms with Crippen molar-refractivity contribution in [3.63, 3.8) is 0 Å². The summed E-state index contributed by atoms with van der Waals surface area (Å²) < 4.78 is 0. The second kappa shape index (κ2) is 7.96. The summed E-state index contributed by atoms with van der Waals surface area (Å²) >= 11 is 0. The third-order valence-corrected chi connectivity index (χ3v) is 5.40. The normalized spacial score (nSPS) is 26.1. The van der Waals surface area contributed by atoms with E-state index in [1.165, 1.54) is 24.8 Å². The molecule has 4 atom stereocenters. The Morgan fingerprint density at radius 3 is 2.52 bits per heavy atom. The van der Waals surface area contributed by atoms with Crippen LogP contribution in [0.25, 0.3) is 0 Å². The molecule has 1 aromatic rings. The fourth-order valence-corrected chi connectivity index (χ4v) is 3.57. The number of anilines is 1. The lowest BCUT2D eigenvalue weighted by molar-refractivity contribution is -0.118. The minimum atomic E-state index is -0.173. The van der Waals surface area contributed by atoms with Gasteiger partial charge < -0.3 is 10.6 Å². The molecule has 0 aromatic heterocycles. The summed E-state index contributed by atoms with van der Waals surface area (Å²) in [5.41, 5.74) is 2.12. The zero-order chi connectivity index (χ0) is 17.0. The van der Waals surface area contributed by atoms with Gasteiger partial charge >= 0.3 is 0 Å². The second-order valence-electron chi connectivity index (χ2n) is 7.49. The van der Waals surface area contributed by atoms with E-state index in [1.54, 1.807) is 0 Å². The Labute approximate surface area is 141 Å². The summed E-state index contributed by atoms with van der Waals surface area (Å²) in [4.78, 5) is 12.6. The Morgan fingerprint density at radius 1 is 1.13 bits per heavy atom. The molecule has 0 heterocycles. The molecule has 1 saturated carbocycles. The van der Waals surface area contributed by atoms with Crippen molar-refractivity contribution >= 4 is 11.6 Å². The lowest BCUT2D eigenvalue weighted by Gasteiger charge is -2.36. The molecule has 0 saturated heterocycles. The number of carbonyl (C=O) groups excluding carboxylic acids is 1. The van der Waals surface area contributed by atoms with Crippen molar-refractivity contribution in [1.82, 2.24) is 5.32 Å². The minimum absolute atomic E-state index is 0.0588. The number of rotatable bonds is 5. The third-order valence-electron chi connectivity index (χ3n) is 5.40. The number of para-hydroxylation sites is 1. The Morgan fingerprint density at radius 2 is 1.83 bits per heavy atom. The third kappa shape index (κ3) is 4.57. The van der Waals surface area contributed by atoms with Crippen LogP contribution in [-0.4, -0.2) is 18.0 Å². The molecular formula is C20H32N2O. The monoisotopic (exact) mass is 316 g/mol. The highest BCUT2D eigenvalue weighted by Gasteiger charge is 2.29. The van der Waals surface area contributed by atoms with E-state index in [2.05, 4.69) is 44.4 Å². The van der Waals surface area contributed by atoms with Gasteiger partial charge in [0.05, 0.1) is 6.04 Å². The largest absolute Gasteiger partial charge is 0.324 e. The van der Waals surface area contributed by atoms with Gasteiger partial charge in [-0.15, -0.1) is 0 Å². The second-order valence-corrected chi connectivity index (χ2v) is 7.49. The van der Waals surface area contributed by atoms with E-state index in [0.29, 0.717) is 17.9 Å². The first-order chi connectivity index (χ1) is 10.9. The van der Waals surface area contributed by atoms with Crippen molar-refractivity contribution in [1.29, 1.82) is 0 Å². The minimum Gasteiger partial charge on any atom is -0.324 e. The molecule has 1 aliphatic carbocycles. The number of amides is 1. The van der Waals surface area contributed by atoms with Gasteiger partial charge in [-0.3, -0.25) is 4.79 Å². The molecule has 128 valence electrons. The summed E-state index contributed by atoms with van der Waals surface area (Å²) in [5.74, 6) is 1.82. The van der Waals surface area contributed by atoms with Crippen LogP contribution >= 0.6 is 0 Å². The maximum Gasteiger partial charge on any atom is 0.241 e. The molecular weight excluding hydrogens is 284 g/mol. The first kappa shape index (κ1) is 18.0. The van der Waals surface area contributed by atoms with Crippen LogP contribution in [-0.2, 0) is 4.79 Å². The SMILES string of the molecule is CC(NC1CCCC(C)C1C)C(=O)Nc1ccccc1C(C)C. The lowest BCUT2D eigenvalue weighted by Crippen LogP contribution is -2.49. The van der Waals surface area contributed by atoms with Crippen LogP contribution < -0.4 is 10.6 Å². The maximum atomic E-state index is 12.6. The molecule has 0 spiro atoms. The molecule has 0 radical (unpaired) electrons. The van der Waals surface area contributed by atoms with Gasteiger partial charge in [-0.1, -0.05) is 58.7 Å². The molecule has 1 fully saturated rings. The molecule has 0 aliphatic heterocycles. The standard InChI is InChI=1S/C20H32N2O/c1-13(2)17-10-6-7-11-19(17)22-20(23)16(5)21-18-12-8-9-14(3)15(18)4/h6-7,10-11,13-16,18,21H,8-9,12H2,1-5H3,(H,22,23). The molecule has 1 amide bonds. The Bertz CT molecular complexity index is 526. The first-order valence-corrected chi connectivity index (χ1v) is 9.06. The number of carbonyl (C=O) groups is 1. The summed E-state index contributed by atoms with van der Waals surface area (Å²) in [7, 11) is 0. The summed E-state index contributed by atoms with van der Waals surface area (Å²) in [5, 5.41) is 6.66. The molecule has 1 aromatic carbocycles. The fraction of sp³-hybridized carbons (Fsp3) is 0.650. The molecule has 0 bridgehead atoms. The van der Waals surface area contributed by atoms with Gasteiger partial charge in [-0.2, -0.15) is 0 Å². The van der Waals surface area contributed by atoms with Crippen LogP contribution in [0.15, 0.2) is 24.3 Å². The van der Waals surface area contributed by atoms with Crippen molar-refractivity contribution < 1.29 is 4.79 Å². The number of hydrogen-bond donors (Lipinski definition) is 2. The quantitative estimate of drug-likeness (QED) is 0.836. The highest BCUT2D eigenvalue weighted by Crippen LogP contribution is 2.30. The Kier molecular flexibility index (Phi) is 6.23. The topological polar surface area (TPSA) is 41.1 Å². The van der Waals surface area contributed by atoms with Crippen molar-refractivity contribution in [2.75, 3.05) is 5.32 Å². The first-order valence-electron chi connectivity index (χ1n) is 9.06. The molecule has 3 nitrogen and oxygen atoms in total. The van der Waals surface area contributed by atoms with Gasteiger partial charge in [-0.05, 0) is 42.7 Å². The molecule has 23 heavy (non-hydrogen) atoms. The van der Waals surface area contributed by atoms with Gasteiger partial charge in [0, 0.05) is 11.7 Å². The van der Waals surface area contributed by atoms with E-state index < -0.39 is 0 Å². The van der Waals surface area contributed by atoms with Crippen molar-refractivity contribution in [2.45, 2.75) is 71.9 Å². The highest BCUT2D eigenvalue weighted by molar-refractivity contribution is 5.95. The van der Waals surface area contributed by atoms with E-state index >= 15 is 0 Å². The molecule has 3 heteroatoms. The van der Waals surface area contributed by atoms with Crippen LogP contribution in [0.4, 0.5) is 5.69 Å². The van der Waals surface area contributed by atoms with E-state index in [0.717, 1.165) is 11.6 Å². The number of hydrogen-bond acceptors (Lipinski definition) is 2. The van der Waals surface area contributed by atoms with Gasteiger partial charge in [0.25, 0.3) is 0 Å². The zero-order valence-corrected chi connectivity index (χ0v) is 15.2. The van der Waals surface area contributed by atoms with E-state index in [9.17, 15) is 4.79 Å². The van der Waals surface area contributed by atoms with Gasteiger partial charge in [0.2, 0.25) is 5.91 Å². The van der Waals surface area contributed by atoms with Crippen LogP contribution in [0.2, 0.25) is 0 Å². The van der Waals surface area contributed by atoms with Gasteiger partial charge in [-0.25, -0.2) is 0 Å². The van der Waals surface area contributed by atoms with E-state index in [1.807, 2.05) is 25.1 Å². The summed E-state index contributed by atoms with van der Waals surface area (Å²) in [6.45, 7) is 10.9. The van der Waals surface area contributed by atoms with Crippen molar-refractivity contribution in [3.05, 3.63) is 29.8 Å². The summed E-state index contributed by atoms with van der Waals surface area (Å²) in [6.07, 6.45) is 3.74. The zero-order valence-electron chi connectivity index (χ0n) is 15.2. The molecule has 4 unspecified atom stereocenters. The Balaban J connectivity index is 1.98. The van der Waals surface area contributed by atoms with E-state index in [-0.39, 0.29) is 11.9 Å². The van der Waals surface area contributed by atoms with Crippen LogP contribution in [0.3, 0.4) is 0 Å². The van der Waals surface area contributed by atoms with Gasteiger partial charge in [0.1, 0.15) is 0 Å². The van der Waals surface area contributed by atoms with Crippen LogP contribution in [0, 0.1) is 11.8 Å². The predicted molar refractivity (Wildman–Crippen MR) is 97.7 cm³/mol. The molecule has 2 rings (SSSR count). The smallest absolute Gasteiger partial charge is 0.241 e.